The molecule has 0 aliphatic carbocycles. The van der Waals surface area contributed by atoms with Crippen LogP contribution in [0, 0.1) is 0 Å². The predicted octanol–water partition coefficient (Wildman–Crippen LogP) is 1.51. The van der Waals surface area contributed by atoms with E-state index in [0.29, 0.717) is 0 Å². The van der Waals surface area contributed by atoms with Crippen LogP contribution in [0.2, 0.25) is 0 Å². The number of benzene rings is 2. The van der Waals surface area contributed by atoms with Crippen LogP contribution < -0.4 is 11.3 Å². The van der Waals surface area contributed by atoms with Gasteiger partial charge in [-0.05, 0) is 16.3 Å². The van der Waals surface area contributed by atoms with Gasteiger partial charge in [-0.15, -0.1) is 0 Å². The molecular formula is C13H13N5. The Kier molecular flexibility index (Phi) is 2.76. The van der Waals surface area contributed by atoms with Crippen LogP contribution >= 0.6 is 0 Å². The minimum absolute atomic E-state index is 0.171. The fourth-order valence-corrected chi connectivity index (χ4v) is 2.19. The van der Waals surface area contributed by atoms with Crippen LogP contribution in [0.5, 0.6) is 0 Å². The maximum Gasteiger partial charge on any atom is 0.105 e. The number of hydrogen-bond donors (Lipinski definition) is 3. The first-order valence-electron chi connectivity index (χ1n) is 5.69. The minimum Gasteiger partial charge on any atom is -0.271 e. The van der Waals surface area contributed by atoms with Gasteiger partial charge in [0.1, 0.15) is 5.69 Å². The number of aromatic amines is 1. The summed E-state index contributed by atoms with van der Waals surface area (Å²) in [6.07, 6.45) is 1.67. The van der Waals surface area contributed by atoms with Crippen LogP contribution in [0.4, 0.5) is 0 Å². The highest BCUT2D eigenvalue weighted by Crippen LogP contribution is 2.26. The molecule has 0 amide bonds. The Labute approximate surface area is 104 Å². The van der Waals surface area contributed by atoms with E-state index in [-0.39, 0.29) is 6.04 Å². The molecule has 90 valence electrons. The van der Waals surface area contributed by atoms with Crippen molar-refractivity contribution in [1.29, 1.82) is 0 Å². The van der Waals surface area contributed by atoms with Crippen LogP contribution in [0.15, 0.2) is 48.7 Å². The molecule has 2 aromatic carbocycles. The Morgan fingerprint density at radius 2 is 1.94 bits per heavy atom. The van der Waals surface area contributed by atoms with Crippen LogP contribution in [-0.2, 0) is 0 Å². The first-order chi connectivity index (χ1) is 8.90. The Morgan fingerprint density at radius 3 is 2.72 bits per heavy atom. The summed E-state index contributed by atoms with van der Waals surface area (Å²) in [5.74, 6) is 5.66. The first kappa shape index (κ1) is 10.9. The lowest BCUT2D eigenvalue weighted by Gasteiger charge is -2.15. The number of aromatic nitrogens is 3. The van der Waals surface area contributed by atoms with Gasteiger partial charge in [-0.25, -0.2) is 5.43 Å². The van der Waals surface area contributed by atoms with Gasteiger partial charge in [0.2, 0.25) is 0 Å². The SMILES string of the molecule is NNC(c1cn[nH]n1)c1cccc2ccccc12. The fraction of sp³-hybridized carbons (Fsp3) is 0.0769. The third kappa shape index (κ3) is 1.75. The molecule has 3 aromatic rings. The normalized spacial score (nSPS) is 12.7. The van der Waals surface area contributed by atoms with E-state index in [1.807, 2.05) is 24.3 Å². The van der Waals surface area contributed by atoms with E-state index in [4.69, 9.17) is 5.84 Å². The summed E-state index contributed by atoms with van der Waals surface area (Å²) in [5, 5.41) is 12.9. The maximum absolute atomic E-state index is 5.66. The van der Waals surface area contributed by atoms with Crippen molar-refractivity contribution in [3.05, 3.63) is 59.9 Å². The minimum atomic E-state index is -0.171. The van der Waals surface area contributed by atoms with Crippen molar-refractivity contribution in [2.24, 2.45) is 5.84 Å². The zero-order chi connectivity index (χ0) is 12.4. The molecule has 5 nitrogen and oxygen atoms in total. The van der Waals surface area contributed by atoms with Crippen LogP contribution in [0.1, 0.15) is 17.3 Å². The number of H-pyrrole nitrogens is 1. The highest BCUT2D eigenvalue weighted by atomic mass is 15.3. The Hall–Kier alpha value is -2.24. The molecule has 0 aliphatic heterocycles. The molecule has 0 spiro atoms. The van der Waals surface area contributed by atoms with Crippen LogP contribution in [0.3, 0.4) is 0 Å². The first-order valence-corrected chi connectivity index (χ1v) is 5.69. The van der Waals surface area contributed by atoms with Crippen molar-refractivity contribution < 1.29 is 0 Å². The molecule has 0 aliphatic rings. The van der Waals surface area contributed by atoms with Gasteiger partial charge in [-0.1, -0.05) is 42.5 Å². The summed E-state index contributed by atoms with van der Waals surface area (Å²) < 4.78 is 0. The number of hydrazine groups is 1. The van der Waals surface area contributed by atoms with E-state index >= 15 is 0 Å². The topological polar surface area (TPSA) is 79.6 Å². The van der Waals surface area contributed by atoms with Crippen molar-refractivity contribution in [2.45, 2.75) is 6.04 Å². The molecule has 18 heavy (non-hydrogen) atoms. The Morgan fingerprint density at radius 1 is 1.11 bits per heavy atom. The van der Waals surface area contributed by atoms with Crippen molar-refractivity contribution in [3.8, 4) is 0 Å². The molecule has 0 radical (unpaired) electrons. The largest absolute Gasteiger partial charge is 0.271 e. The van der Waals surface area contributed by atoms with E-state index in [2.05, 4.69) is 39.0 Å². The molecule has 0 saturated heterocycles. The smallest absolute Gasteiger partial charge is 0.105 e. The molecule has 4 N–H and O–H groups in total. The average molecular weight is 239 g/mol. The quantitative estimate of drug-likeness (QED) is 0.478. The lowest BCUT2D eigenvalue weighted by atomic mass is 9.97. The Balaban J connectivity index is 2.18. The number of nitrogens with zero attached hydrogens (tertiary/aromatic N) is 2. The summed E-state index contributed by atoms with van der Waals surface area (Å²) in [4.78, 5) is 0. The Bertz CT molecular complexity index is 642. The van der Waals surface area contributed by atoms with E-state index in [1.54, 1.807) is 6.20 Å². The summed E-state index contributed by atoms with van der Waals surface area (Å²) in [6.45, 7) is 0. The molecule has 1 heterocycles. The number of hydrogen-bond acceptors (Lipinski definition) is 4. The average Bonchev–Trinajstić information content (AvgIpc) is 2.94. The fourth-order valence-electron chi connectivity index (χ4n) is 2.19. The van der Waals surface area contributed by atoms with E-state index in [9.17, 15) is 0 Å². The highest BCUT2D eigenvalue weighted by molar-refractivity contribution is 5.86. The summed E-state index contributed by atoms with van der Waals surface area (Å²) in [6, 6.07) is 14.2. The maximum atomic E-state index is 5.66. The lowest BCUT2D eigenvalue weighted by Crippen LogP contribution is -2.29. The standard InChI is InChI=1S/C13H13N5/c14-16-13(12-8-15-18-17-12)11-7-3-5-9-4-1-2-6-10(9)11/h1-8,13,16H,14H2,(H,15,17,18). The lowest BCUT2D eigenvalue weighted by molar-refractivity contribution is 0.622. The second-order valence-corrected chi connectivity index (χ2v) is 4.06. The van der Waals surface area contributed by atoms with Gasteiger partial charge in [0.15, 0.2) is 0 Å². The number of nitrogens with one attached hydrogen (secondary N) is 2. The predicted molar refractivity (Wildman–Crippen MR) is 69.5 cm³/mol. The number of rotatable bonds is 3. The molecule has 1 atom stereocenters. The van der Waals surface area contributed by atoms with Gasteiger partial charge >= 0.3 is 0 Å². The third-order valence-electron chi connectivity index (χ3n) is 3.03. The van der Waals surface area contributed by atoms with Gasteiger partial charge in [0.25, 0.3) is 0 Å². The summed E-state index contributed by atoms with van der Waals surface area (Å²) in [5.41, 5.74) is 4.65. The number of fused-ring (bicyclic) bond motifs is 1. The van der Waals surface area contributed by atoms with E-state index in [0.717, 1.165) is 16.6 Å². The van der Waals surface area contributed by atoms with Crippen molar-refractivity contribution in [2.75, 3.05) is 0 Å². The second kappa shape index (κ2) is 4.56. The van der Waals surface area contributed by atoms with Gasteiger partial charge < -0.3 is 0 Å². The summed E-state index contributed by atoms with van der Waals surface area (Å²) in [7, 11) is 0. The zero-order valence-corrected chi connectivity index (χ0v) is 9.67. The zero-order valence-electron chi connectivity index (χ0n) is 9.67. The molecule has 5 heteroatoms. The van der Waals surface area contributed by atoms with Crippen LogP contribution in [0.25, 0.3) is 10.8 Å². The van der Waals surface area contributed by atoms with Crippen molar-refractivity contribution >= 4 is 10.8 Å². The van der Waals surface area contributed by atoms with E-state index < -0.39 is 0 Å². The summed E-state index contributed by atoms with van der Waals surface area (Å²) >= 11 is 0. The molecule has 1 aromatic heterocycles. The van der Waals surface area contributed by atoms with E-state index in [1.165, 1.54) is 5.39 Å². The molecule has 0 fully saturated rings. The number of nitrogens with two attached hydrogens (primary N) is 1. The van der Waals surface area contributed by atoms with Gasteiger partial charge in [0, 0.05) is 0 Å². The molecular weight excluding hydrogens is 226 g/mol. The molecule has 0 bridgehead atoms. The monoisotopic (exact) mass is 239 g/mol. The van der Waals surface area contributed by atoms with Gasteiger partial charge in [0.05, 0.1) is 12.2 Å². The molecule has 1 unspecified atom stereocenters. The van der Waals surface area contributed by atoms with Gasteiger partial charge in [-0.3, -0.25) is 5.84 Å². The van der Waals surface area contributed by atoms with Gasteiger partial charge in [-0.2, -0.15) is 15.4 Å². The second-order valence-electron chi connectivity index (χ2n) is 4.06. The molecule has 3 rings (SSSR count). The van der Waals surface area contributed by atoms with Crippen molar-refractivity contribution in [3.63, 3.8) is 0 Å². The van der Waals surface area contributed by atoms with Crippen LogP contribution in [-0.4, -0.2) is 15.4 Å². The third-order valence-corrected chi connectivity index (χ3v) is 3.03. The highest BCUT2D eigenvalue weighted by Gasteiger charge is 2.17. The molecule has 0 saturated carbocycles. The van der Waals surface area contributed by atoms with Crippen molar-refractivity contribution in [1.82, 2.24) is 20.8 Å².